The fourth-order valence-electron chi connectivity index (χ4n) is 5.66. The van der Waals surface area contributed by atoms with Crippen molar-refractivity contribution in [2.45, 2.75) is 156 Å². The second-order valence-electron chi connectivity index (χ2n) is 13.5. The lowest BCUT2D eigenvalue weighted by Gasteiger charge is -2.24. The highest BCUT2D eigenvalue weighted by Crippen LogP contribution is 2.34. The van der Waals surface area contributed by atoms with Gasteiger partial charge in [0.2, 0.25) is 11.6 Å². The Balaban J connectivity index is 0.0000106. The molecule has 2 rings (SSSR count). The molecule has 0 saturated heterocycles. The van der Waals surface area contributed by atoms with Crippen LogP contribution in [-0.2, 0) is 28.1 Å². The van der Waals surface area contributed by atoms with Gasteiger partial charge in [0.05, 0.1) is 6.61 Å². The number of rotatable bonds is 23. The molecule has 0 aliphatic rings. The van der Waals surface area contributed by atoms with Gasteiger partial charge in [0.25, 0.3) is 5.91 Å². The molecule has 0 fully saturated rings. The van der Waals surface area contributed by atoms with Crippen LogP contribution in [0.4, 0.5) is 0 Å². The molecule has 260 valence electrons. The van der Waals surface area contributed by atoms with Crippen LogP contribution in [0.5, 0.6) is 11.5 Å². The van der Waals surface area contributed by atoms with Crippen LogP contribution < -0.4 is 38.0 Å². The molecule has 1 heterocycles. The van der Waals surface area contributed by atoms with Crippen LogP contribution in [0.25, 0.3) is 0 Å². The van der Waals surface area contributed by atoms with Crippen molar-refractivity contribution < 1.29 is 47.6 Å². The SMILES string of the molecule is CCCCCCCCCCCCCCCCOc1ccc(OCC(=O)N(Cc2cccc[n+]2CCC)C(C)=O)cc1C(C)(C)C.[I-]. The van der Waals surface area contributed by atoms with Gasteiger partial charge in [-0.15, -0.1) is 0 Å². The molecule has 0 N–H and O–H groups in total. The Morgan fingerprint density at radius 3 is 1.89 bits per heavy atom. The molecule has 7 heteroatoms. The molecule has 0 spiro atoms. The third-order valence-corrected chi connectivity index (χ3v) is 8.38. The van der Waals surface area contributed by atoms with E-state index in [1.165, 1.54) is 95.3 Å². The molecule has 1 aromatic carbocycles. The number of aryl methyl sites for hydroxylation is 1. The zero-order chi connectivity index (χ0) is 32.9. The molecule has 0 bridgehead atoms. The largest absolute Gasteiger partial charge is 1.00 e. The number of carbonyl (C=O) groups is 2. The molecule has 0 aliphatic heterocycles. The Kier molecular flexibility index (Phi) is 21.9. The van der Waals surface area contributed by atoms with Gasteiger partial charge in [-0.3, -0.25) is 14.5 Å². The van der Waals surface area contributed by atoms with E-state index in [1.807, 2.05) is 42.6 Å². The summed E-state index contributed by atoms with van der Waals surface area (Å²) in [4.78, 5) is 26.8. The van der Waals surface area contributed by atoms with E-state index in [0.29, 0.717) is 12.4 Å². The number of halogens is 1. The molecular formula is C39H63IN2O4. The van der Waals surface area contributed by atoms with Crippen molar-refractivity contribution in [1.29, 1.82) is 0 Å². The molecule has 0 atom stereocenters. The highest BCUT2D eigenvalue weighted by Gasteiger charge is 2.24. The molecular weight excluding hydrogens is 687 g/mol. The average Bonchev–Trinajstić information content (AvgIpc) is 3.01. The average molecular weight is 751 g/mol. The van der Waals surface area contributed by atoms with E-state index in [2.05, 4.69) is 39.2 Å². The Morgan fingerprint density at radius 2 is 1.35 bits per heavy atom. The van der Waals surface area contributed by atoms with E-state index >= 15 is 0 Å². The van der Waals surface area contributed by atoms with Crippen molar-refractivity contribution in [2.24, 2.45) is 0 Å². The maximum absolute atomic E-state index is 13.1. The second kappa shape index (κ2) is 24.1. The van der Waals surface area contributed by atoms with Crippen molar-refractivity contribution in [1.82, 2.24) is 4.90 Å². The lowest BCUT2D eigenvalue weighted by molar-refractivity contribution is -0.704. The summed E-state index contributed by atoms with van der Waals surface area (Å²) in [5.74, 6) is 0.815. The number of hydrogen-bond donors (Lipinski definition) is 0. The highest BCUT2D eigenvalue weighted by molar-refractivity contribution is 5.94. The number of nitrogens with zero attached hydrogens (tertiary/aromatic N) is 2. The quantitative estimate of drug-likeness (QED) is 0.0740. The highest BCUT2D eigenvalue weighted by atomic mass is 127. The van der Waals surface area contributed by atoms with Crippen molar-refractivity contribution in [3.05, 3.63) is 53.9 Å². The number of aromatic nitrogens is 1. The fourth-order valence-corrected chi connectivity index (χ4v) is 5.66. The van der Waals surface area contributed by atoms with Crippen LogP contribution in [0.3, 0.4) is 0 Å². The number of carbonyl (C=O) groups excluding carboxylic acids is 2. The van der Waals surface area contributed by atoms with Crippen molar-refractivity contribution in [2.75, 3.05) is 13.2 Å². The third kappa shape index (κ3) is 16.6. The molecule has 6 nitrogen and oxygen atoms in total. The van der Waals surface area contributed by atoms with E-state index < -0.39 is 0 Å². The van der Waals surface area contributed by atoms with Gasteiger partial charge >= 0.3 is 0 Å². The van der Waals surface area contributed by atoms with Crippen molar-refractivity contribution in [3.63, 3.8) is 0 Å². The summed E-state index contributed by atoms with van der Waals surface area (Å²) in [6.45, 7) is 13.8. The molecule has 0 unspecified atom stereocenters. The Bertz CT molecular complexity index is 1130. The first-order valence-electron chi connectivity index (χ1n) is 17.9. The minimum Gasteiger partial charge on any atom is -1.00 e. The molecule has 2 amide bonds. The first-order chi connectivity index (χ1) is 21.7. The maximum Gasteiger partial charge on any atom is 0.267 e. The maximum atomic E-state index is 13.1. The van der Waals surface area contributed by atoms with Crippen LogP contribution in [-0.4, -0.2) is 29.9 Å². The number of unbranched alkanes of at least 4 members (excludes halogenated alkanes) is 13. The monoisotopic (exact) mass is 750 g/mol. The van der Waals surface area contributed by atoms with Gasteiger partial charge in [-0.05, 0) is 30.0 Å². The Morgan fingerprint density at radius 1 is 0.761 bits per heavy atom. The molecule has 2 aromatic rings. The summed E-state index contributed by atoms with van der Waals surface area (Å²) in [6, 6.07) is 11.6. The lowest BCUT2D eigenvalue weighted by atomic mass is 9.86. The van der Waals surface area contributed by atoms with E-state index in [0.717, 1.165) is 36.4 Å². The minimum absolute atomic E-state index is 0. The smallest absolute Gasteiger partial charge is 0.267 e. The lowest BCUT2D eigenvalue weighted by Crippen LogP contribution is -3.00. The van der Waals surface area contributed by atoms with Crippen molar-refractivity contribution in [3.8, 4) is 11.5 Å². The Labute approximate surface area is 298 Å². The van der Waals surface area contributed by atoms with Crippen LogP contribution in [0.15, 0.2) is 42.6 Å². The van der Waals surface area contributed by atoms with Gasteiger partial charge in [0.1, 0.15) is 24.6 Å². The molecule has 0 saturated carbocycles. The summed E-state index contributed by atoms with van der Waals surface area (Å²) in [6.07, 6.45) is 21.7. The van der Waals surface area contributed by atoms with Crippen LogP contribution in [0, 0.1) is 0 Å². The third-order valence-electron chi connectivity index (χ3n) is 8.38. The molecule has 0 aliphatic carbocycles. The summed E-state index contributed by atoms with van der Waals surface area (Å²) in [5.41, 5.74) is 1.81. The number of imide groups is 1. The van der Waals surface area contributed by atoms with Gasteiger partial charge in [-0.2, -0.15) is 0 Å². The van der Waals surface area contributed by atoms with E-state index in [-0.39, 0.29) is 54.4 Å². The van der Waals surface area contributed by atoms with E-state index in [4.69, 9.17) is 9.47 Å². The van der Waals surface area contributed by atoms with Gasteiger partial charge in [0, 0.05) is 31.0 Å². The van der Waals surface area contributed by atoms with Gasteiger partial charge in [-0.25, -0.2) is 4.57 Å². The normalized spacial score (nSPS) is 11.2. The molecule has 46 heavy (non-hydrogen) atoms. The van der Waals surface area contributed by atoms with E-state index in [9.17, 15) is 9.59 Å². The minimum atomic E-state index is -0.357. The number of amides is 2. The predicted octanol–water partition coefficient (Wildman–Crippen LogP) is 6.50. The zero-order valence-electron chi connectivity index (χ0n) is 29.9. The van der Waals surface area contributed by atoms with Crippen molar-refractivity contribution >= 4 is 11.8 Å². The van der Waals surface area contributed by atoms with Crippen LogP contribution in [0.1, 0.15) is 149 Å². The summed E-state index contributed by atoms with van der Waals surface area (Å²) < 4.78 is 14.3. The first kappa shape index (κ1) is 41.9. The summed E-state index contributed by atoms with van der Waals surface area (Å²) in [7, 11) is 0. The first-order valence-corrected chi connectivity index (χ1v) is 17.9. The number of pyridine rings is 1. The number of ether oxygens (including phenoxy) is 2. The summed E-state index contributed by atoms with van der Waals surface area (Å²) >= 11 is 0. The number of benzene rings is 1. The van der Waals surface area contributed by atoms with Crippen LogP contribution >= 0.6 is 0 Å². The van der Waals surface area contributed by atoms with Gasteiger partial charge < -0.3 is 33.5 Å². The van der Waals surface area contributed by atoms with Gasteiger partial charge in [0.15, 0.2) is 12.8 Å². The Hall–Kier alpha value is -2.16. The topological polar surface area (TPSA) is 59.7 Å². The standard InChI is InChI=1S/C39H63N2O4.HI/c1-7-9-10-11-12-13-14-15-16-17-18-19-20-23-29-44-37-26-25-35(30-36(37)39(4,5)6)45-32-38(43)41(33(3)42)31-34-24-21-22-28-40(34)27-8-2;/h21-22,24-26,28,30H,7-20,23,27,29,31-32H2,1-6H3;1H/q+1;/p-1. The van der Waals surface area contributed by atoms with Gasteiger partial charge in [-0.1, -0.05) is 124 Å². The second-order valence-corrected chi connectivity index (χ2v) is 13.5. The predicted molar refractivity (Wildman–Crippen MR) is 185 cm³/mol. The zero-order valence-corrected chi connectivity index (χ0v) is 32.0. The molecule has 0 radical (unpaired) electrons. The molecule has 1 aromatic heterocycles. The van der Waals surface area contributed by atoms with Crippen LogP contribution in [0.2, 0.25) is 0 Å². The summed E-state index contributed by atoms with van der Waals surface area (Å²) in [5, 5.41) is 0. The van der Waals surface area contributed by atoms with E-state index in [1.54, 1.807) is 0 Å². The fraction of sp³-hybridized carbons (Fsp3) is 0.667. The number of hydrogen-bond acceptors (Lipinski definition) is 4.